The number of benzene rings is 2. The molecule has 25 heavy (non-hydrogen) atoms. The van der Waals surface area contributed by atoms with Gasteiger partial charge >= 0.3 is 6.18 Å². The van der Waals surface area contributed by atoms with E-state index in [1.165, 1.54) is 11.6 Å². The number of hydrogen-bond acceptors (Lipinski definition) is 1. The lowest BCUT2D eigenvalue weighted by atomic mass is 10.0. The average molecular weight is 346 g/mol. The van der Waals surface area contributed by atoms with Crippen LogP contribution in [0.3, 0.4) is 0 Å². The van der Waals surface area contributed by atoms with Crippen LogP contribution in [0.25, 0.3) is 6.08 Å². The standard InChI is InChI=1S/C21H21F3O/c1-16-11-13-17(14-12-16)5-3-9-20(25)10-4-7-18-6-2-8-19(15-18)21(22,23)24/h2-3,5-6,8,11-15H,4,7,9-10H2,1H3/b5-3+. The van der Waals surface area contributed by atoms with Crippen LogP contribution in [0.2, 0.25) is 0 Å². The smallest absolute Gasteiger partial charge is 0.299 e. The zero-order chi connectivity index (χ0) is 18.3. The molecule has 2 rings (SSSR count). The monoisotopic (exact) mass is 346 g/mol. The molecule has 0 saturated carbocycles. The summed E-state index contributed by atoms with van der Waals surface area (Å²) in [6.45, 7) is 2.02. The van der Waals surface area contributed by atoms with Crippen molar-refractivity contribution in [3.8, 4) is 0 Å². The summed E-state index contributed by atoms with van der Waals surface area (Å²) in [5, 5.41) is 0. The first-order chi connectivity index (χ1) is 11.8. The van der Waals surface area contributed by atoms with Crippen molar-refractivity contribution in [1.82, 2.24) is 0 Å². The first kappa shape index (κ1) is 19.0. The van der Waals surface area contributed by atoms with Crippen LogP contribution in [0, 0.1) is 6.92 Å². The van der Waals surface area contributed by atoms with Gasteiger partial charge in [0.25, 0.3) is 0 Å². The van der Waals surface area contributed by atoms with Gasteiger partial charge in [0, 0.05) is 12.8 Å². The maximum atomic E-state index is 12.7. The van der Waals surface area contributed by atoms with E-state index < -0.39 is 11.7 Å². The van der Waals surface area contributed by atoms with Gasteiger partial charge in [-0.15, -0.1) is 0 Å². The number of carbonyl (C=O) groups excluding carboxylic acids is 1. The Morgan fingerprint density at radius 3 is 2.48 bits per heavy atom. The van der Waals surface area contributed by atoms with Crippen LogP contribution in [-0.4, -0.2) is 5.78 Å². The van der Waals surface area contributed by atoms with E-state index in [0.29, 0.717) is 31.2 Å². The van der Waals surface area contributed by atoms with Crippen LogP contribution in [-0.2, 0) is 17.4 Å². The number of Topliss-reactive ketones (excluding diaryl/α,β-unsaturated/α-hetero) is 1. The van der Waals surface area contributed by atoms with Crippen molar-refractivity contribution in [3.05, 3.63) is 76.9 Å². The van der Waals surface area contributed by atoms with Crippen LogP contribution in [0.4, 0.5) is 13.2 Å². The summed E-state index contributed by atoms with van der Waals surface area (Å²) in [7, 11) is 0. The highest BCUT2D eigenvalue weighted by atomic mass is 19.4. The van der Waals surface area contributed by atoms with Crippen LogP contribution >= 0.6 is 0 Å². The molecule has 0 N–H and O–H groups in total. The second kappa shape index (κ2) is 8.65. The number of allylic oxidation sites excluding steroid dienone is 1. The van der Waals surface area contributed by atoms with Gasteiger partial charge in [-0.1, -0.05) is 60.2 Å². The van der Waals surface area contributed by atoms with Gasteiger partial charge in [-0.25, -0.2) is 0 Å². The number of hydrogen-bond donors (Lipinski definition) is 0. The molecule has 0 aliphatic carbocycles. The van der Waals surface area contributed by atoms with Crippen molar-refractivity contribution in [2.75, 3.05) is 0 Å². The van der Waals surface area contributed by atoms with Gasteiger partial charge in [-0.2, -0.15) is 13.2 Å². The van der Waals surface area contributed by atoms with Crippen molar-refractivity contribution in [1.29, 1.82) is 0 Å². The lowest BCUT2D eigenvalue weighted by Crippen LogP contribution is -2.05. The Morgan fingerprint density at radius 1 is 1.08 bits per heavy atom. The summed E-state index contributed by atoms with van der Waals surface area (Å²) in [5.41, 5.74) is 2.19. The zero-order valence-electron chi connectivity index (χ0n) is 14.1. The van der Waals surface area contributed by atoms with Crippen LogP contribution in [0.15, 0.2) is 54.6 Å². The van der Waals surface area contributed by atoms with Crippen molar-refractivity contribution in [2.24, 2.45) is 0 Å². The van der Waals surface area contributed by atoms with Gasteiger partial charge in [0.15, 0.2) is 0 Å². The molecule has 0 spiro atoms. The third-order valence-electron chi connectivity index (χ3n) is 3.91. The molecular formula is C21H21F3O. The molecule has 0 aliphatic rings. The Hall–Kier alpha value is -2.36. The Morgan fingerprint density at radius 2 is 1.80 bits per heavy atom. The van der Waals surface area contributed by atoms with Crippen LogP contribution in [0.5, 0.6) is 0 Å². The predicted molar refractivity (Wildman–Crippen MR) is 94.2 cm³/mol. The number of carbonyl (C=O) groups is 1. The van der Waals surface area contributed by atoms with Crippen molar-refractivity contribution < 1.29 is 18.0 Å². The number of aryl methyl sites for hydroxylation is 2. The van der Waals surface area contributed by atoms with Gasteiger partial charge in [0.05, 0.1) is 5.56 Å². The second-order valence-electron chi connectivity index (χ2n) is 6.11. The van der Waals surface area contributed by atoms with E-state index in [4.69, 9.17) is 0 Å². The Labute approximate surface area is 146 Å². The lowest BCUT2D eigenvalue weighted by Gasteiger charge is -2.08. The fourth-order valence-corrected chi connectivity index (χ4v) is 2.50. The van der Waals surface area contributed by atoms with E-state index in [1.807, 2.05) is 43.3 Å². The van der Waals surface area contributed by atoms with Crippen molar-refractivity contribution in [2.45, 2.75) is 38.8 Å². The fourth-order valence-electron chi connectivity index (χ4n) is 2.50. The van der Waals surface area contributed by atoms with E-state index in [1.54, 1.807) is 6.07 Å². The molecule has 0 aromatic heterocycles. The average Bonchev–Trinajstić information content (AvgIpc) is 2.56. The molecule has 0 bridgehead atoms. The molecule has 1 nitrogen and oxygen atoms in total. The fraction of sp³-hybridized carbons (Fsp3) is 0.286. The molecular weight excluding hydrogens is 325 g/mol. The van der Waals surface area contributed by atoms with Gasteiger partial charge in [0.2, 0.25) is 0 Å². The summed E-state index contributed by atoms with van der Waals surface area (Å²) in [6.07, 6.45) is 1.15. The highest BCUT2D eigenvalue weighted by Gasteiger charge is 2.30. The van der Waals surface area contributed by atoms with Crippen LogP contribution in [0.1, 0.15) is 41.5 Å². The maximum absolute atomic E-state index is 12.7. The second-order valence-corrected chi connectivity index (χ2v) is 6.11. The van der Waals surface area contributed by atoms with E-state index in [9.17, 15) is 18.0 Å². The summed E-state index contributed by atoms with van der Waals surface area (Å²) in [4.78, 5) is 11.9. The highest BCUT2D eigenvalue weighted by Crippen LogP contribution is 2.29. The molecule has 0 unspecified atom stereocenters. The van der Waals surface area contributed by atoms with Crippen molar-refractivity contribution >= 4 is 11.9 Å². The Bertz CT molecular complexity index is 728. The number of halogens is 3. The maximum Gasteiger partial charge on any atom is 0.416 e. The molecule has 132 valence electrons. The van der Waals surface area contributed by atoms with E-state index >= 15 is 0 Å². The number of alkyl halides is 3. The summed E-state index contributed by atoms with van der Waals surface area (Å²) in [6, 6.07) is 13.3. The molecule has 0 saturated heterocycles. The molecule has 0 amide bonds. The molecule has 0 heterocycles. The van der Waals surface area contributed by atoms with Crippen molar-refractivity contribution in [3.63, 3.8) is 0 Å². The Balaban J connectivity index is 1.76. The molecule has 2 aromatic carbocycles. The minimum absolute atomic E-state index is 0.0929. The topological polar surface area (TPSA) is 17.1 Å². The number of rotatable bonds is 7. The van der Waals surface area contributed by atoms with Gasteiger partial charge in [-0.3, -0.25) is 4.79 Å². The normalized spacial score (nSPS) is 11.8. The molecule has 0 radical (unpaired) electrons. The summed E-state index contributed by atoms with van der Waals surface area (Å²) < 4.78 is 38.0. The van der Waals surface area contributed by atoms with Crippen LogP contribution < -0.4 is 0 Å². The van der Waals surface area contributed by atoms with E-state index in [-0.39, 0.29) is 5.78 Å². The first-order valence-electron chi connectivity index (χ1n) is 8.25. The minimum atomic E-state index is -4.33. The van der Waals surface area contributed by atoms with E-state index in [2.05, 4.69) is 0 Å². The lowest BCUT2D eigenvalue weighted by molar-refractivity contribution is -0.137. The van der Waals surface area contributed by atoms with Gasteiger partial charge in [-0.05, 0) is 37.0 Å². The Kier molecular flexibility index (Phi) is 6.57. The van der Waals surface area contributed by atoms with E-state index in [0.717, 1.165) is 17.7 Å². The zero-order valence-corrected chi connectivity index (χ0v) is 14.1. The molecule has 2 aromatic rings. The number of ketones is 1. The SMILES string of the molecule is Cc1ccc(/C=C/CC(=O)CCCc2cccc(C(F)(F)F)c2)cc1. The van der Waals surface area contributed by atoms with Gasteiger partial charge in [0.1, 0.15) is 5.78 Å². The third-order valence-corrected chi connectivity index (χ3v) is 3.91. The molecule has 0 aliphatic heterocycles. The predicted octanol–water partition coefficient (Wildman–Crippen LogP) is 6.01. The molecule has 0 atom stereocenters. The van der Waals surface area contributed by atoms with Gasteiger partial charge < -0.3 is 0 Å². The quantitative estimate of drug-likeness (QED) is 0.600. The summed E-state index contributed by atoms with van der Waals surface area (Å²) >= 11 is 0. The molecule has 4 heteroatoms. The third kappa shape index (κ3) is 6.57. The highest BCUT2D eigenvalue weighted by molar-refractivity contribution is 5.80. The molecule has 0 fully saturated rings. The summed E-state index contributed by atoms with van der Waals surface area (Å²) in [5.74, 6) is 0.0929. The first-order valence-corrected chi connectivity index (χ1v) is 8.25. The minimum Gasteiger partial charge on any atom is -0.299 e. The largest absolute Gasteiger partial charge is 0.416 e.